The molecule has 4 rings (SSSR count). The average Bonchev–Trinajstić information content (AvgIpc) is 3.13. The van der Waals surface area contributed by atoms with Crippen LogP contribution in [0.4, 0.5) is 0 Å². The lowest BCUT2D eigenvalue weighted by atomic mass is 10.1. The lowest BCUT2D eigenvalue weighted by Gasteiger charge is -2.15. The summed E-state index contributed by atoms with van der Waals surface area (Å²) in [6.07, 6.45) is 2.73. The smallest absolute Gasteiger partial charge is 0.137 e. The molecule has 0 spiro atoms. The second-order valence-corrected chi connectivity index (χ2v) is 5.88. The number of hydrogen-bond acceptors (Lipinski definition) is 3. The van der Waals surface area contributed by atoms with Crippen molar-refractivity contribution < 1.29 is 5.11 Å². The Kier molecular flexibility index (Phi) is 3.41. The van der Waals surface area contributed by atoms with Crippen molar-refractivity contribution in [3.63, 3.8) is 0 Å². The van der Waals surface area contributed by atoms with E-state index < -0.39 is 0 Å². The molecule has 3 aromatic rings. The summed E-state index contributed by atoms with van der Waals surface area (Å²) in [5.74, 6) is 0. The van der Waals surface area contributed by atoms with Gasteiger partial charge in [-0.2, -0.15) is 0 Å². The normalized spacial score (nSPS) is 19.0. The van der Waals surface area contributed by atoms with Gasteiger partial charge in [-0.3, -0.25) is 4.90 Å². The number of likely N-dealkylation sites (tertiary alicyclic amines) is 1. The Balaban J connectivity index is 1.80. The molecule has 2 aromatic heterocycles. The summed E-state index contributed by atoms with van der Waals surface area (Å²) in [5.41, 5.74) is 4.33. The molecule has 0 aliphatic carbocycles. The van der Waals surface area contributed by atoms with Gasteiger partial charge in [-0.05, 0) is 18.6 Å². The third-order valence-corrected chi connectivity index (χ3v) is 4.30. The van der Waals surface area contributed by atoms with E-state index in [1.54, 1.807) is 0 Å². The van der Waals surface area contributed by atoms with Gasteiger partial charge in [0.2, 0.25) is 0 Å². The van der Waals surface area contributed by atoms with E-state index in [1.165, 1.54) is 5.69 Å². The number of imidazole rings is 1. The predicted molar refractivity (Wildman–Crippen MR) is 86.5 cm³/mol. The lowest BCUT2D eigenvalue weighted by Crippen LogP contribution is -2.22. The van der Waals surface area contributed by atoms with Gasteiger partial charge in [0.15, 0.2) is 0 Å². The van der Waals surface area contributed by atoms with E-state index in [1.807, 2.05) is 36.4 Å². The number of aromatic nitrogens is 2. The zero-order valence-corrected chi connectivity index (χ0v) is 12.4. The fourth-order valence-electron chi connectivity index (χ4n) is 3.19. The molecule has 0 amide bonds. The van der Waals surface area contributed by atoms with Crippen LogP contribution in [0.2, 0.25) is 0 Å². The Morgan fingerprint density at radius 1 is 1.09 bits per heavy atom. The van der Waals surface area contributed by atoms with Gasteiger partial charge in [0.1, 0.15) is 5.65 Å². The maximum atomic E-state index is 9.76. The van der Waals surface area contributed by atoms with Gasteiger partial charge >= 0.3 is 0 Å². The minimum absolute atomic E-state index is 0.195. The molecule has 0 unspecified atom stereocenters. The number of β-amino-alcohol motifs (C(OH)–C–C–N with tert-alkyl or cyclic N) is 1. The maximum absolute atomic E-state index is 9.76. The highest BCUT2D eigenvalue weighted by Crippen LogP contribution is 2.26. The fraction of sp³-hybridized carbons (Fsp3) is 0.278. The first kappa shape index (κ1) is 13.5. The molecule has 0 bridgehead atoms. The predicted octanol–water partition coefficient (Wildman–Crippen LogP) is 2.57. The first-order chi connectivity index (χ1) is 10.8. The maximum Gasteiger partial charge on any atom is 0.137 e. The van der Waals surface area contributed by atoms with Crippen molar-refractivity contribution in [2.45, 2.75) is 19.1 Å². The minimum atomic E-state index is -0.195. The molecule has 1 saturated heterocycles. The van der Waals surface area contributed by atoms with Crippen LogP contribution in [-0.2, 0) is 6.54 Å². The average molecular weight is 293 g/mol. The van der Waals surface area contributed by atoms with Crippen LogP contribution in [0.15, 0.2) is 54.7 Å². The number of pyridine rings is 1. The highest BCUT2D eigenvalue weighted by atomic mass is 16.3. The second kappa shape index (κ2) is 5.55. The molecule has 0 saturated carbocycles. The summed E-state index contributed by atoms with van der Waals surface area (Å²) >= 11 is 0. The first-order valence-electron chi connectivity index (χ1n) is 7.73. The van der Waals surface area contributed by atoms with Gasteiger partial charge in [-0.1, -0.05) is 36.4 Å². The summed E-state index contributed by atoms with van der Waals surface area (Å²) in [7, 11) is 0. The summed E-state index contributed by atoms with van der Waals surface area (Å²) in [6.45, 7) is 2.50. The molecule has 1 aliphatic heterocycles. The van der Waals surface area contributed by atoms with Crippen LogP contribution in [0.25, 0.3) is 16.9 Å². The van der Waals surface area contributed by atoms with Gasteiger partial charge in [-0.15, -0.1) is 0 Å². The molecule has 22 heavy (non-hydrogen) atoms. The first-order valence-corrected chi connectivity index (χ1v) is 7.73. The Morgan fingerprint density at radius 2 is 1.91 bits per heavy atom. The number of fused-ring (bicyclic) bond motifs is 1. The highest BCUT2D eigenvalue weighted by Gasteiger charge is 2.23. The number of nitrogens with zero attached hydrogens (tertiary/aromatic N) is 3. The monoisotopic (exact) mass is 293 g/mol. The van der Waals surface area contributed by atoms with Gasteiger partial charge in [0, 0.05) is 31.4 Å². The van der Waals surface area contributed by atoms with E-state index >= 15 is 0 Å². The zero-order chi connectivity index (χ0) is 14.9. The Morgan fingerprint density at radius 3 is 2.68 bits per heavy atom. The molecule has 112 valence electrons. The molecule has 1 fully saturated rings. The topological polar surface area (TPSA) is 40.8 Å². The van der Waals surface area contributed by atoms with Crippen molar-refractivity contribution in [2.75, 3.05) is 13.1 Å². The van der Waals surface area contributed by atoms with E-state index in [0.29, 0.717) is 0 Å². The van der Waals surface area contributed by atoms with Crippen molar-refractivity contribution in [1.29, 1.82) is 0 Å². The van der Waals surface area contributed by atoms with E-state index in [0.717, 1.165) is 43.0 Å². The fourth-order valence-corrected chi connectivity index (χ4v) is 3.19. The highest BCUT2D eigenvalue weighted by molar-refractivity contribution is 5.66. The minimum Gasteiger partial charge on any atom is -0.392 e. The number of aliphatic hydroxyl groups is 1. The van der Waals surface area contributed by atoms with Crippen LogP contribution in [0, 0.1) is 0 Å². The molecule has 4 heteroatoms. The van der Waals surface area contributed by atoms with Crippen LogP contribution >= 0.6 is 0 Å². The van der Waals surface area contributed by atoms with Crippen LogP contribution in [-0.4, -0.2) is 38.6 Å². The van der Waals surface area contributed by atoms with Gasteiger partial charge < -0.3 is 9.51 Å². The standard InChI is InChI=1S/C18H19N3O/c22-15-9-11-20(12-15)13-16-18(14-6-2-1-3-7-14)19-17-8-4-5-10-21(16)17/h1-8,10,15,22H,9,11-13H2/t15-/m0/s1. The largest absolute Gasteiger partial charge is 0.392 e. The van der Waals surface area contributed by atoms with Gasteiger partial charge in [-0.25, -0.2) is 4.98 Å². The number of aliphatic hydroxyl groups excluding tert-OH is 1. The van der Waals surface area contributed by atoms with Crippen molar-refractivity contribution in [3.05, 3.63) is 60.4 Å². The number of hydrogen-bond donors (Lipinski definition) is 1. The quantitative estimate of drug-likeness (QED) is 0.807. The molecule has 1 N–H and O–H groups in total. The van der Waals surface area contributed by atoms with Crippen LogP contribution in [0.3, 0.4) is 0 Å². The van der Waals surface area contributed by atoms with Crippen molar-refractivity contribution in [2.24, 2.45) is 0 Å². The summed E-state index contributed by atoms with van der Waals surface area (Å²) in [4.78, 5) is 7.12. The molecule has 4 nitrogen and oxygen atoms in total. The lowest BCUT2D eigenvalue weighted by molar-refractivity contribution is 0.174. The molecule has 1 aromatic carbocycles. The molecule has 1 aliphatic rings. The van der Waals surface area contributed by atoms with E-state index in [-0.39, 0.29) is 6.10 Å². The van der Waals surface area contributed by atoms with Crippen molar-refractivity contribution in [1.82, 2.24) is 14.3 Å². The van der Waals surface area contributed by atoms with E-state index in [4.69, 9.17) is 4.98 Å². The molecule has 1 atom stereocenters. The van der Waals surface area contributed by atoms with Crippen LogP contribution in [0.5, 0.6) is 0 Å². The van der Waals surface area contributed by atoms with E-state index in [2.05, 4.69) is 27.6 Å². The summed E-state index contributed by atoms with van der Waals surface area (Å²) < 4.78 is 2.16. The Hall–Kier alpha value is -2.17. The molecule has 3 heterocycles. The number of rotatable bonds is 3. The van der Waals surface area contributed by atoms with Crippen LogP contribution in [0.1, 0.15) is 12.1 Å². The van der Waals surface area contributed by atoms with Crippen molar-refractivity contribution >= 4 is 5.65 Å². The molecular weight excluding hydrogens is 274 g/mol. The molecule has 0 radical (unpaired) electrons. The zero-order valence-electron chi connectivity index (χ0n) is 12.4. The summed E-state index contributed by atoms with van der Waals surface area (Å²) in [6, 6.07) is 16.4. The number of benzene rings is 1. The second-order valence-electron chi connectivity index (χ2n) is 5.88. The third-order valence-electron chi connectivity index (χ3n) is 4.30. The summed E-state index contributed by atoms with van der Waals surface area (Å²) in [5, 5.41) is 9.76. The SMILES string of the molecule is O[C@H]1CCN(Cc2c(-c3ccccc3)nc3ccccn23)C1. The van der Waals surface area contributed by atoms with Crippen molar-refractivity contribution in [3.8, 4) is 11.3 Å². The van der Waals surface area contributed by atoms with Crippen LogP contribution < -0.4 is 0 Å². The Labute approximate surface area is 129 Å². The van der Waals surface area contributed by atoms with Gasteiger partial charge in [0.25, 0.3) is 0 Å². The third kappa shape index (κ3) is 2.40. The van der Waals surface area contributed by atoms with Gasteiger partial charge in [0.05, 0.1) is 17.5 Å². The van der Waals surface area contributed by atoms with E-state index in [9.17, 15) is 5.11 Å². The molecular formula is C18H19N3O. The Bertz CT molecular complexity index is 781.